The van der Waals surface area contributed by atoms with Gasteiger partial charge in [0.2, 0.25) is 6.41 Å². The molecule has 0 unspecified atom stereocenters. The van der Waals surface area contributed by atoms with Gasteiger partial charge in [0, 0.05) is 16.8 Å². The van der Waals surface area contributed by atoms with Gasteiger partial charge in [0.25, 0.3) is 5.91 Å². The van der Waals surface area contributed by atoms with Crippen LogP contribution in [0.4, 0.5) is 5.69 Å². The summed E-state index contributed by atoms with van der Waals surface area (Å²) in [4.78, 5) is 38.5. The Morgan fingerprint density at radius 2 is 2.00 bits per heavy atom. The third kappa shape index (κ3) is 5.03. The number of nitrogens with one attached hydrogen (secondary N) is 1. The van der Waals surface area contributed by atoms with Gasteiger partial charge < -0.3 is 10.2 Å². The average molecular weight is 436 g/mol. The van der Waals surface area contributed by atoms with Gasteiger partial charge in [0.15, 0.2) is 0 Å². The number of benzene rings is 1. The maximum absolute atomic E-state index is 12.2. The Morgan fingerprint density at radius 3 is 2.61 bits per heavy atom. The second kappa shape index (κ2) is 9.09. The van der Waals surface area contributed by atoms with Crippen molar-refractivity contribution in [2.45, 2.75) is 20.0 Å². The highest BCUT2D eigenvalue weighted by Crippen LogP contribution is 2.27. The standard InChI is InChI=1S/C18H15Cl2N5O2S/c1-11-21-6-14(28-11)7-24-18(27)17-8-22-12(5-23-17)9-25(10-26)13-2-3-15(19)16(20)4-13/h2-6,8,10H,7,9H2,1H3,(H,24,27). The molecule has 10 heteroatoms. The molecule has 0 aliphatic heterocycles. The number of halogens is 2. The number of amides is 2. The first kappa shape index (κ1) is 20.2. The molecule has 0 aliphatic carbocycles. The van der Waals surface area contributed by atoms with E-state index in [1.807, 2.05) is 6.92 Å². The maximum Gasteiger partial charge on any atom is 0.271 e. The molecule has 2 heterocycles. The molecule has 0 fully saturated rings. The molecule has 0 bridgehead atoms. The van der Waals surface area contributed by atoms with E-state index < -0.39 is 0 Å². The first-order chi connectivity index (χ1) is 13.5. The topological polar surface area (TPSA) is 88.1 Å². The molecule has 0 spiro atoms. The third-order valence-electron chi connectivity index (χ3n) is 3.72. The Labute approximate surface area is 175 Å². The average Bonchev–Trinajstić information content (AvgIpc) is 3.12. The van der Waals surface area contributed by atoms with E-state index in [-0.39, 0.29) is 18.1 Å². The van der Waals surface area contributed by atoms with Crippen LogP contribution >= 0.6 is 34.5 Å². The molecule has 1 aromatic carbocycles. The molecular formula is C18H15Cl2N5O2S. The normalized spacial score (nSPS) is 10.5. The van der Waals surface area contributed by atoms with E-state index in [2.05, 4.69) is 20.3 Å². The van der Waals surface area contributed by atoms with Crippen LogP contribution in [-0.2, 0) is 17.9 Å². The zero-order valence-electron chi connectivity index (χ0n) is 14.7. The molecule has 2 amide bonds. The van der Waals surface area contributed by atoms with Crippen LogP contribution in [0.25, 0.3) is 0 Å². The van der Waals surface area contributed by atoms with Crippen LogP contribution in [0.2, 0.25) is 10.0 Å². The van der Waals surface area contributed by atoms with Crippen molar-refractivity contribution in [2.24, 2.45) is 0 Å². The largest absolute Gasteiger partial charge is 0.346 e. The minimum atomic E-state index is -0.332. The molecule has 1 N–H and O–H groups in total. The smallest absolute Gasteiger partial charge is 0.271 e. The minimum Gasteiger partial charge on any atom is -0.346 e. The van der Waals surface area contributed by atoms with Gasteiger partial charge >= 0.3 is 0 Å². The number of aromatic nitrogens is 3. The van der Waals surface area contributed by atoms with Gasteiger partial charge in [-0.1, -0.05) is 23.2 Å². The van der Waals surface area contributed by atoms with Gasteiger partial charge in [0.1, 0.15) is 5.69 Å². The fraction of sp³-hybridized carbons (Fsp3) is 0.167. The first-order valence-corrected chi connectivity index (χ1v) is 9.71. The number of thiazole rings is 1. The van der Waals surface area contributed by atoms with Crippen molar-refractivity contribution in [3.63, 3.8) is 0 Å². The number of nitrogens with zero attached hydrogens (tertiary/aromatic N) is 4. The van der Waals surface area contributed by atoms with Crippen LogP contribution in [0.5, 0.6) is 0 Å². The van der Waals surface area contributed by atoms with Gasteiger partial charge in [0.05, 0.1) is 46.2 Å². The van der Waals surface area contributed by atoms with E-state index >= 15 is 0 Å². The van der Waals surface area contributed by atoms with Crippen molar-refractivity contribution < 1.29 is 9.59 Å². The summed E-state index contributed by atoms with van der Waals surface area (Å²) >= 11 is 13.4. The van der Waals surface area contributed by atoms with Crippen LogP contribution in [-0.4, -0.2) is 27.3 Å². The van der Waals surface area contributed by atoms with E-state index in [1.54, 1.807) is 24.4 Å². The fourth-order valence-electron chi connectivity index (χ4n) is 2.33. The first-order valence-electron chi connectivity index (χ1n) is 8.13. The molecule has 144 valence electrons. The SMILES string of the molecule is Cc1ncc(CNC(=O)c2cnc(CN(C=O)c3ccc(Cl)c(Cl)c3)cn2)s1. The molecule has 0 aliphatic rings. The zero-order chi connectivity index (χ0) is 20.1. The molecule has 3 rings (SSSR count). The Kier molecular flexibility index (Phi) is 6.56. The summed E-state index contributed by atoms with van der Waals surface area (Å²) < 4.78 is 0. The van der Waals surface area contributed by atoms with Crippen molar-refractivity contribution in [2.75, 3.05) is 4.90 Å². The summed E-state index contributed by atoms with van der Waals surface area (Å²) in [5.41, 5.74) is 1.29. The predicted molar refractivity (Wildman–Crippen MR) is 109 cm³/mol. The van der Waals surface area contributed by atoms with Gasteiger partial charge in [-0.2, -0.15) is 0 Å². The van der Waals surface area contributed by atoms with Crippen LogP contribution in [0.3, 0.4) is 0 Å². The Balaban J connectivity index is 1.63. The fourth-order valence-corrected chi connectivity index (χ4v) is 3.35. The zero-order valence-corrected chi connectivity index (χ0v) is 17.1. The van der Waals surface area contributed by atoms with Crippen LogP contribution in [0.1, 0.15) is 26.1 Å². The minimum absolute atomic E-state index is 0.177. The van der Waals surface area contributed by atoms with Crippen molar-refractivity contribution in [1.82, 2.24) is 20.3 Å². The van der Waals surface area contributed by atoms with Crippen molar-refractivity contribution >= 4 is 52.5 Å². The molecule has 0 saturated heterocycles. The van der Waals surface area contributed by atoms with E-state index in [0.29, 0.717) is 34.4 Å². The van der Waals surface area contributed by atoms with Crippen molar-refractivity contribution in [1.29, 1.82) is 0 Å². The van der Waals surface area contributed by atoms with Gasteiger partial charge in [-0.15, -0.1) is 11.3 Å². The monoisotopic (exact) mass is 435 g/mol. The quantitative estimate of drug-likeness (QED) is 0.572. The molecule has 7 nitrogen and oxygen atoms in total. The number of carbonyl (C=O) groups is 2. The summed E-state index contributed by atoms with van der Waals surface area (Å²) in [5.74, 6) is -0.332. The number of carbonyl (C=O) groups excluding carboxylic acids is 2. The lowest BCUT2D eigenvalue weighted by Crippen LogP contribution is -2.24. The summed E-state index contributed by atoms with van der Waals surface area (Å²) in [7, 11) is 0. The Hall–Kier alpha value is -2.55. The number of hydrogen-bond donors (Lipinski definition) is 1. The lowest BCUT2D eigenvalue weighted by atomic mass is 10.3. The highest BCUT2D eigenvalue weighted by molar-refractivity contribution is 7.11. The van der Waals surface area contributed by atoms with Crippen LogP contribution in [0, 0.1) is 6.92 Å². The van der Waals surface area contributed by atoms with Gasteiger partial charge in [-0.05, 0) is 25.1 Å². The lowest BCUT2D eigenvalue weighted by molar-refractivity contribution is -0.107. The molecule has 0 atom stereocenters. The predicted octanol–water partition coefficient (Wildman–Crippen LogP) is 3.64. The Morgan fingerprint density at radius 1 is 1.18 bits per heavy atom. The van der Waals surface area contributed by atoms with Crippen LogP contribution < -0.4 is 10.2 Å². The lowest BCUT2D eigenvalue weighted by Gasteiger charge is -2.17. The second-order valence-electron chi connectivity index (χ2n) is 5.75. The van der Waals surface area contributed by atoms with E-state index in [1.165, 1.54) is 28.6 Å². The highest BCUT2D eigenvalue weighted by Gasteiger charge is 2.12. The highest BCUT2D eigenvalue weighted by atomic mass is 35.5. The van der Waals surface area contributed by atoms with Gasteiger partial charge in [-0.3, -0.25) is 14.6 Å². The molecule has 0 saturated carbocycles. The van der Waals surface area contributed by atoms with Crippen molar-refractivity contribution in [3.05, 3.63) is 68.1 Å². The molecule has 2 aromatic heterocycles. The summed E-state index contributed by atoms with van der Waals surface area (Å²) in [6.07, 6.45) is 5.23. The number of hydrogen-bond acceptors (Lipinski definition) is 6. The number of aryl methyl sites for hydroxylation is 1. The molecule has 28 heavy (non-hydrogen) atoms. The maximum atomic E-state index is 12.2. The Bertz CT molecular complexity index is 994. The van der Waals surface area contributed by atoms with E-state index in [4.69, 9.17) is 23.2 Å². The summed E-state index contributed by atoms with van der Waals surface area (Å²) in [6, 6.07) is 4.88. The number of rotatable bonds is 7. The molecule has 3 aromatic rings. The summed E-state index contributed by atoms with van der Waals surface area (Å²) in [6.45, 7) is 2.46. The van der Waals surface area contributed by atoms with Crippen molar-refractivity contribution in [3.8, 4) is 0 Å². The number of anilines is 1. The molecular weight excluding hydrogens is 421 g/mol. The third-order valence-corrected chi connectivity index (χ3v) is 5.38. The van der Waals surface area contributed by atoms with Crippen LogP contribution in [0.15, 0.2) is 36.8 Å². The van der Waals surface area contributed by atoms with E-state index in [0.717, 1.165) is 9.88 Å². The second-order valence-corrected chi connectivity index (χ2v) is 7.89. The molecule has 0 radical (unpaired) electrons. The van der Waals surface area contributed by atoms with Gasteiger partial charge in [-0.25, -0.2) is 9.97 Å². The summed E-state index contributed by atoms with van der Waals surface area (Å²) in [5, 5.41) is 4.46. The van der Waals surface area contributed by atoms with E-state index in [9.17, 15) is 9.59 Å².